The summed E-state index contributed by atoms with van der Waals surface area (Å²) in [6.07, 6.45) is 3.47. The van der Waals surface area contributed by atoms with Gasteiger partial charge in [0.15, 0.2) is 0 Å². The molecule has 0 N–H and O–H groups in total. The SMILES string of the molecule is Cc1cc(-c2ccc(N=Cc3cccc(Cl)c3Cl)c(C)c2)ccc1N=Cc1cccc(Cl)c1Cl. The lowest BCUT2D eigenvalue weighted by atomic mass is 10.00. The molecule has 0 unspecified atom stereocenters. The number of aliphatic imine (C=N–C) groups is 2. The second kappa shape index (κ2) is 10.8. The van der Waals surface area contributed by atoms with Crippen LogP contribution in [0.1, 0.15) is 22.3 Å². The third-order valence-corrected chi connectivity index (χ3v) is 7.04. The van der Waals surface area contributed by atoms with Crippen LogP contribution in [-0.2, 0) is 0 Å². The molecule has 0 amide bonds. The molecule has 0 saturated heterocycles. The van der Waals surface area contributed by atoms with E-state index in [2.05, 4.69) is 34.3 Å². The number of nitrogens with zero attached hydrogens (tertiary/aromatic N) is 2. The second-order valence-corrected chi connectivity index (χ2v) is 9.38. The minimum absolute atomic E-state index is 0.498. The summed E-state index contributed by atoms with van der Waals surface area (Å²) < 4.78 is 0. The second-order valence-electron chi connectivity index (χ2n) is 7.81. The minimum Gasteiger partial charge on any atom is -0.256 e. The zero-order valence-corrected chi connectivity index (χ0v) is 21.5. The van der Waals surface area contributed by atoms with Crippen LogP contribution in [-0.4, -0.2) is 12.4 Å². The summed E-state index contributed by atoms with van der Waals surface area (Å²) in [4.78, 5) is 9.21. The van der Waals surface area contributed by atoms with Gasteiger partial charge in [-0.25, -0.2) is 0 Å². The first-order chi connectivity index (χ1) is 16.3. The monoisotopic (exact) mass is 524 g/mol. The van der Waals surface area contributed by atoms with Gasteiger partial charge in [-0.1, -0.05) is 82.8 Å². The molecule has 170 valence electrons. The summed E-state index contributed by atoms with van der Waals surface area (Å²) in [5.41, 5.74) is 7.63. The van der Waals surface area contributed by atoms with Crippen molar-refractivity contribution in [2.45, 2.75) is 13.8 Å². The number of hydrogen-bond donors (Lipinski definition) is 0. The molecule has 34 heavy (non-hydrogen) atoms. The van der Waals surface area contributed by atoms with Crippen LogP contribution in [0.5, 0.6) is 0 Å². The summed E-state index contributed by atoms with van der Waals surface area (Å²) in [5, 5.41) is 2.02. The van der Waals surface area contributed by atoms with Gasteiger partial charge in [0.2, 0.25) is 0 Å². The van der Waals surface area contributed by atoms with Crippen LogP contribution in [0.25, 0.3) is 11.1 Å². The molecule has 4 rings (SSSR count). The lowest BCUT2D eigenvalue weighted by Gasteiger charge is -2.09. The van der Waals surface area contributed by atoms with Crippen molar-refractivity contribution < 1.29 is 0 Å². The highest BCUT2D eigenvalue weighted by Gasteiger charge is 2.06. The zero-order valence-electron chi connectivity index (χ0n) is 18.5. The van der Waals surface area contributed by atoms with E-state index in [0.717, 1.165) is 44.8 Å². The maximum atomic E-state index is 6.26. The fourth-order valence-electron chi connectivity index (χ4n) is 3.48. The highest BCUT2D eigenvalue weighted by Crippen LogP contribution is 2.31. The Labute approximate surface area is 219 Å². The first kappa shape index (κ1) is 24.5. The molecular weight excluding hydrogens is 506 g/mol. The van der Waals surface area contributed by atoms with Crippen LogP contribution >= 0.6 is 46.4 Å². The van der Waals surface area contributed by atoms with Gasteiger partial charge in [-0.3, -0.25) is 9.98 Å². The summed E-state index contributed by atoms with van der Waals surface area (Å²) in [6.45, 7) is 4.08. The summed E-state index contributed by atoms with van der Waals surface area (Å²) in [6, 6.07) is 23.3. The van der Waals surface area contributed by atoms with E-state index >= 15 is 0 Å². The molecule has 4 aromatic carbocycles. The first-order valence-electron chi connectivity index (χ1n) is 10.5. The Hall–Kier alpha value is -2.62. The van der Waals surface area contributed by atoms with Crippen LogP contribution in [0.3, 0.4) is 0 Å². The average molecular weight is 526 g/mol. The standard InChI is InChI=1S/C28H20Cl4N2/c1-17-13-19(9-11-25(17)33-15-21-5-3-7-23(29)27(21)31)20-10-12-26(18(2)14-20)34-16-22-6-4-8-24(30)28(22)32/h3-16H,1-2H3. The van der Waals surface area contributed by atoms with E-state index in [-0.39, 0.29) is 0 Å². The molecule has 0 atom stereocenters. The summed E-state index contributed by atoms with van der Waals surface area (Å²) >= 11 is 24.7. The first-order valence-corrected chi connectivity index (χ1v) is 12.0. The average Bonchev–Trinajstić information content (AvgIpc) is 2.82. The molecule has 0 radical (unpaired) electrons. The Morgan fingerprint density at radius 3 is 1.35 bits per heavy atom. The number of hydrogen-bond acceptors (Lipinski definition) is 2. The molecule has 6 heteroatoms. The Morgan fingerprint density at radius 1 is 0.559 bits per heavy atom. The quantitative estimate of drug-likeness (QED) is 0.231. The number of benzene rings is 4. The van der Waals surface area contributed by atoms with Crippen molar-refractivity contribution in [1.29, 1.82) is 0 Å². The van der Waals surface area contributed by atoms with Crippen LogP contribution < -0.4 is 0 Å². The van der Waals surface area contributed by atoms with E-state index in [1.807, 2.05) is 50.2 Å². The fourth-order valence-corrected chi connectivity index (χ4v) is 4.19. The highest BCUT2D eigenvalue weighted by atomic mass is 35.5. The van der Waals surface area contributed by atoms with Crippen LogP contribution in [0.15, 0.2) is 82.8 Å². The smallest absolute Gasteiger partial charge is 0.0680 e. The summed E-state index contributed by atoms with van der Waals surface area (Å²) in [5.74, 6) is 0. The normalized spacial score (nSPS) is 11.6. The van der Waals surface area contributed by atoms with Gasteiger partial charge in [0.25, 0.3) is 0 Å². The molecular formula is C28H20Cl4N2. The van der Waals surface area contributed by atoms with E-state index in [1.165, 1.54) is 0 Å². The van der Waals surface area contributed by atoms with Crippen molar-refractivity contribution in [3.05, 3.63) is 115 Å². The van der Waals surface area contributed by atoms with E-state index in [4.69, 9.17) is 46.4 Å². The van der Waals surface area contributed by atoms with Gasteiger partial charge < -0.3 is 0 Å². The van der Waals surface area contributed by atoms with Crippen molar-refractivity contribution >= 4 is 70.2 Å². The molecule has 0 aliphatic rings. The van der Waals surface area contributed by atoms with Crippen molar-refractivity contribution in [3.8, 4) is 11.1 Å². The van der Waals surface area contributed by atoms with Gasteiger partial charge in [-0.05, 0) is 72.5 Å². The van der Waals surface area contributed by atoms with Crippen LogP contribution in [0, 0.1) is 13.8 Å². The van der Waals surface area contributed by atoms with Crippen molar-refractivity contribution in [2.75, 3.05) is 0 Å². The molecule has 0 spiro atoms. The summed E-state index contributed by atoms with van der Waals surface area (Å²) in [7, 11) is 0. The van der Waals surface area contributed by atoms with Gasteiger partial charge in [0, 0.05) is 23.6 Å². The minimum atomic E-state index is 0.498. The number of rotatable bonds is 5. The molecule has 0 saturated carbocycles. The van der Waals surface area contributed by atoms with E-state index in [1.54, 1.807) is 24.6 Å². The van der Waals surface area contributed by atoms with Crippen molar-refractivity contribution in [1.82, 2.24) is 0 Å². The van der Waals surface area contributed by atoms with E-state index < -0.39 is 0 Å². The maximum Gasteiger partial charge on any atom is 0.0680 e. The topological polar surface area (TPSA) is 24.7 Å². The third-order valence-electron chi connectivity index (χ3n) is 5.38. The highest BCUT2D eigenvalue weighted by molar-refractivity contribution is 6.44. The van der Waals surface area contributed by atoms with E-state index in [0.29, 0.717) is 20.1 Å². The number of halogens is 4. The Kier molecular flexibility index (Phi) is 7.75. The molecule has 0 bridgehead atoms. The van der Waals surface area contributed by atoms with Gasteiger partial charge in [0.05, 0.1) is 31.5 Å². The lowest BCUT2D eigenvalue weighted by Crippen LogP contribution is -1.86. The van der Waals surface area contributed by atoms with Crippen molar-refractivity contribution in [2.24, 2.45) is 9.98 Å². The van der Waals surface area contributed by atoms with Crippen LogP contribution in [0.2, 0.25) is 20.1 Å². The molecule has 4 aromatic rings. The fraction of sp³-hybridized carbons (Fsp3) is 0.0714. The van der Waals surface area contributed by atoms with E-state index in [9.17, 15) is 0 Å². The number of aryl methyl sites for hydroxylation is 2. The molecule has 0 fully saturated rings. The van der Waals surface area contributed by atoms with Gasteiger partial charge in [-0.2, -0.15) is 0 Å². The molecule has 0 aliphatic heterocycles. The maximum absolute atomic E-state index is 6.26. The van der Waals surface area contributed by atoms with Gasteiger partial charge in [0.1, 0.15) is 0 Å². The third kappa shape index (κ3) is 5.54. The Balaban J connectivity index is 1.55. The zero-order chi connectivity index (χ0) is 24.2. The molecule has 2 nitrogen and oxygen atoms in total. The van der Waals surface area contributed by atoms with Gasteiger partial charge in [-0.15, -0.1) is 0 Å². The largest absolute Gasteiger partial charge is 0.256 e. The Morgan fingerprint density at radius 2 is 0.971 bits per heavy atom. The lowest BCUT2D eigenvalue weighted by molar-refractivity contribution is 1.38. The van der Waals surface area contributed by atoms with Crippen LogP contribution in [0.4, 0.5) is 11.4 Å². The molecule has 0 aliphatic carbocycles. The molecule has 0 aromatic heterocycles. The Bertz CT molecular complexity index is 1320. The van der Waals surface area contributed by atoms with Crippen molar-refractivity contribution in [3.63, 3.8) is 0 Å². The predicted octanol–water partition coefficient (Wildman–Crippen LogP) is 10.1. The van der Waals surface area contributed by atoms with Gasteiger partial charge >= 0.3 is 0 Å². The predicted molar refractivity (Wildman–Crippen MR) is 149 cm³/mol. The molecule has 0 heterocycles.